The van der Waals surface area contributed by atoms with Crippen molar-refractivity contribution in [1.82, 2.24) is 4.98 Å². The van der Waals surface area contributed by atoms with Crippen LogP contribution in [0.4, 0.5) is 10.8 Å². The number of non-ortho nitro benzene ring substituents is 1. The predicted molar refractivity (Wildman–Crippen MR) is 93.6 cm³/mol. The Balaban J connectivity index is 1.55. The summed E-state index contributed by atoms with van der Waals surface area (Å²) in [5.74, 6) is -0.787. The van der Waals surface area contributed by atoms with E-state index in [0.29, 0.717) is 16.0 Å². The molecule has 3 rings (SSSR count). The average Bonchev–Trinajstić information content (AvgIpc) is 3.26. The Kier molecular flexibility index (Phi) is 5.04. The second-order valence-corrected chi connectivity index (χ2v) is 5.96. The van der Waals surface area contributed by atoms with Crippen LogP contribution in [0.25, 0.3) is 16.3 Å². The normalized spacial score (nSPS) is 10.9. The number of nitro groups is 1. The highest BCUT2D eigenvalue weighted by Gasteiger charge is 2.12. The Morgan fingerprint density at radius 2 is 2.23 bits per heavy atom. The fraction of sp³-hybridized carbons (Fsp3) is 0.0625. The molecule has 1 N–H and O–H groups in total. The minimum Gasteiger partial charge on any atom is -0.465 e. The molecule has 10 heteroatoms. The van der Waals surface area contributed by atoms with Gasteiger partial charge in [-0.2, -0.15) is 0 Å². The first-order chi connectivity index (χ1) is 12.5. The molecule has 0 aliphatic carbocycles. The first-order valence-electron chi connectivity index (χ1n) is 7.24. The van der Waals surface area contributed by atoms with Crippen molar-refractivity contribution >= 4 is 50.3 Å². The van der Waals surface area contributed by atoms with Gasteiger partial charge in [0.15, 0.2) is 11.7 Å². The van der Waals surface area contributed by atoms with E-state index in [2.05, 4.69) is 10.3 Å². The zero-order valence-electron chi connectivity index (χ0n) is 13.1. The topological polar surface area (TPSA) is 125 Å². The Labute approximate surface area is 150 Å². The SMILES string of the molecule is O=C(COC(=O)C=Cc1ccco1)Nc1nc2ccc([N+](=O)[O-])cc2s1. The Morgan fingerprint density at radius 3 is 2.96 bits per heavy atom. The van der Waals surface area contributed by atoms with E-state index in [1.807, 2.05) is 0 Å². The van der Waals surface area contributed by atoms with E-state index in [1.165, 1.54) is 30.5 Å². The van der Waals surface area contributed by atoms with Gasteiger partial charge in [0, 0.05) is 18.2 Å². The first kappa shape index (κ1) is 17.3. The number of furan rings is 1. The average molecular weight is 373 g/mol. The van der Waals surface area contributed by atoms with Gasteiger partial charge in [0.25, 0.3) is 11.6 Å². The summed E-state index contributed by atoms with van der Waals surface area (Å²) in [4.78, 5) is 37.8. The summed E-state index contributed by atoms with van der Waals surface area (Å²) in [6, 6.07) is 7.54. The maximum atomic E-state index is 11.8. The number of benzene rings is 1. The van der Waals surface area contributed by atoms with Crippen LogP contribution in [0.1, 0.15) is 5.76 Å². The number of carbonyl (C=O) groups excluding carboxylic acids is 2. The molecule has 0 spiro atoms. The van der Waals surface area contributed by atoms with Gasteiger partial charge in [0.05, 0.1) is 21.4 Å². The smallest absolute Gasteiger partial charge is 0.331 e. The number of thiazole rings is 1. The van der Waals surface area contributed by atoms with Crippen LogP contribution in [-0.4, -0.2) is 28.4 Å². The van der Waals surface area contributed by atoms with Gasteiger partial charge in [0.1, 0.15) is 5.76 Å². The molecule has 3 aromatic rings. The number of aromatic nitrogens is 1. The summed E-state index contributed by atoms with van der Waals surface area (Å²) in [6.07, 6.45) is 4.02. The maximum absolute atomic E-state index is 11.8. The van der Waals surface area contributed by atoms with Gasteiger partial charge in [-0.25, -0.2) is 9.78 Å². The van der Waals surface area contributed by atoms with Crippen LogP contribution in [-0.2, 0) is 14.3 Å². The molecule has 0 saturated heterocycles. The van der Waals surface area contributed by atoms with Crippen LogP contribution in [0, 0.1) is 10.1 Å². The number of nitro benzene ring substituents is 1. The highest BCUT2D eigenvalue weighted by atomic mass is 32.1. The molecule has 0 aliphatic rings. The molecule has 0 aliphatic heterocycles. The highest BCUT2D eigenvalue weighted by Crippen LogP contribution is 2.29. The number of nitrogens with one attached hydrogen (secondary N) is 1. The summed E-state index contributed by atoms with van der Waals surface area (Å²) in [5.41, 5.74) is 0.463. The number of hydrogen-bond donors (Lipinski definition) is 1. The predicted octanol–water partition coefficient (Wildman–Crippen LogP) is 2.99. The summed E-state index contributed by atoms with van der Waals surface area (Å²) in [7, 11) is 0. The number of carbonyl (C=O) groups is 2. The molecule has 9 nitrogen and oxygen atoms in total. The van der Waals surface area contributed by atoms with Gasteiger partial charge in [-0.15, -0.1) is 0 Å². The minimum atomic E-state index is -0.698. The molecular formula is C16H11N3O6S. The summed E-state index contributed by atoms with van der Waals surface area (Å²) < 4.78 is 10.4. The molecule has 2 aromatic heterocycles. The van der Waals surface area contributed by atoms with E-state index in [4.69, 9.17) is 9.15 Å². The number of fused-ring (bicyclic) bond motifs is 1. The first-order valence-corrected chi connectivity index (χ1v) is 8.06. The zero-order valence-corrected chi connectivity index (χ0v) is 13.9. The lowest BCUT2D eigenvalue weighted by Gasteiger charge is -2.01. The quantitative estimate of drug-likeness (QED) is 0.305. The third-order valence-corrected chi connectivity index (χ3v) is 4.04. The number of ether oxygens (including phenoxy) is 1. The van der Waals surface area contributed by atoms with Crippen LogP contribution in [0.2, 0.25) is 0 Å². The van der Waals surface area contributed by atoms with Gasteiger partial charge in [0.2, 0.25) is 0 Å². The van der Waals surface area contributed by atoms with Crippen molar-refractivity contribution in [3.63, 3.8) is 0 Å². The number of hydrogen-bond acceptors (Lipinski definition) is 8. The molecule has 2 heterocycles. The molecular weight excluding hydrogens is 362 g/mol. The van der Waals surface area contributed by atoms with E-state index >= 15 is 0 Å². The Bertz CT molecular complexity index is 993. The summed E-state index contributed by atoms with van der Waals surface area (Å²) >= 11 is 1.09. The molecule has 0 atom stereocenters. The van der Waals surface area contributed by atoms with Crippen molar-refractivity contribution < 1.29 is 23.7 Å². The van der Waals surface area contributed by atoms with Gasteiger partial charge in [-0.05, 0) is 24.3 Å². The molecule has 0 unspecified atom stereocenters. The van der Waals surface area contributed by atoms with E-state index in [-0.39, 0.29) is 10.8 Å². The Morgan fingerprint density at radius 1 is 1.38 bits per heavy atom. The zero-order chi connectivity index (χ0) is 18.5. The van der Waals surface area contributed by atoms with Gasteiger partial charge < -0.3 is 9.15 Å². The van der Waals surface area contributed by atoms with Gasteiger partial charge >= 0.3 is 5.97 Å². The number of nitrogens with zero attached hydrogens (tertiary/aromatic N) is 2. The monoisotopic (exact) mass is 373 g/mol. The second-order valence-electron chi connectivity index (χ2n) is 4.93. The number of esters is 1. The molecule has 1 aromatic carbocycles. The lowest BCUT2D eigenvalue weighted by Crippen LogP contribution is -2.19. The van der Waals surface area contributed by atoms with Crippen molar-refractivity contribution in [3.05, 3.63) is 58.5 Å². The standard InChI is InChI=1S/C16H11N3O6S/c20-14(9-25-15(21)6-4-11-2-1-7-24-11)18-16-17-12-5-3-10(19(22)23)8-13(12)26-16/h1-8H,9H2,(H,17,18,20). The maximum Gasteiger partial charge on any atom is 0.331 e. The van der Waals surface area contributed by atoms with Crippen LogP contribution in [0.15, 0.2) is 47.1 Å². The molecule has 1 amide bonds. The molecule has 0 fully saturated rings. The Hall–Kier alpha value is -3.53. The lowest BCUT2D eigenvalue weighted by molar-refractivity contribution is -0.384. The number of anilines is 1. The lowest BCUT2D eigenvalue weighted by atomic mass is 10.3. The van der Waals surface area contributed by atoms with Crippen molar-refractivity contribution in [2.45, 2.75) is 0 Å². The molecule has 26 heavy (non-hydrogen) atoms. The summed E-state index contributed by atoms with van der Waals surface area (Å²) in [5, 5.41) is 13.5. The van der Waals surface area contributed by atoms with Crippen LogP contribution < -0.4 is 5.32 Å². The van der Waals surface area contributed by atoms with Gasteiger partial charge in [-0.1, -0.05) is 11.3 Å². The van der Waals surface area contributed by atoms with Crippen LogP contribution >= 0.6 is 11.3 Å². The van der Waals surface area contributed by atoms with Crippen molar-refractivity contribution in [1.29, 1.82) is 0 Å². The summed E-state index contributed by atoms with van der Waals surface area (Å²) in [6.45, 7) is -0.489. The van der Waals surface area contributed by atoms with E-state index in [9.17, 15) is 19.7 Å². The second kappa shape index (κ2) is 7.57. The minimum absolute atomic E-state index is 0.0590. The molecule has 0 saturated carbocycles. The van der Waals surface area contributed by atoms with E-state index in [1.54, 1.807) is 12.1 Å². The fourth-order valence-corrected chi connectivity index (χ4v) is 2.87. The number of amides is 1. The fourth-order valence-electron chi connectivity index (χ4n) is 1.96. The van der Waals surface area contributed by atoms with Crippen LogP contribution in [0.5, 0.6) is 0 Å². The van der Waals surface area contributed by atoms with Crippen molar-refractivity contribution in [2.75, 3.05) is 11.9 Å². The molecule has 0 bridgehead atoms. The van der Waals surface area contributed by atoms with Gasteiger partial charge in [-0.3, -0.25) is 20.2 Å². The third-order valence-electron chi connectivity index (χ3n) is 3.10. The van der Waals surface area contributed by atoms with E-state index < -0.39 is 23.4 Å². The largest absolute Gasteiger partial charge is 0.465 e. The highest BCUT2D eigenvalue weighted by molar-refractivity contribution is 7.22. The third kappa shape index (κ3) is 4.30. The number of rotatable bonds is 6. The van der Waals surface area contributed by atoms with Crippen molar-refractivity contribution in [3.8, 4) is 0 Å². The van der Waals surface area contributed by atoms with Crippen LogP contribution in [0.3, 0.4) is 0 Å². The van der Waals surface area contributed by atoms with E-state index in [0.717, 1.165) is 17.4 Å². The molecule has 132 valence electrons. The molecule has 0 radical (unpaired) electrons. The van der Waals surface area contributed by atoms with Crippen molar-refractivity contribution in [2.24, 2.45) is 0 Å².